The SMILES string of the molecule is CCOc1ccc(C2CCC(C3CCC(C(C)CCC(C)O)CC3)CC2)c(F)c1F. The average Bonchev–Trinajstić information content (AvgIpc) is 2.76. The highest BCUT2D eigenvalue weighted by Crippen LogP contribution is 2.46. The number of rotatable bonds is 8. The summed E-state index contributed by atoms with van der Waals surface area (Å²) in [6.07, 6.45) is 11.3. The van der Waals surface area contributed by atoms with Gasteiger partial charge in [0, 0.05) is 0 Å². The van der Waals surface area contributed by atoms with Gasteiger partial charge in [-0.05, 0) is 119 Å². The first-order chi connectivity index (χ1) is 14.4. The molecule has 0 radical (unpaired) electrons. The third-order valence-electron chi connectivity index (χ3n) is 7.92. The molecule has 4 heteroatoms. The molecule has 0 amide bonds. The van der Waals surface area contributed by atoms with Gasteiger partial charge in [-0.15, -0.1) is 0 Å². The van der Waals surface area contributed by atoms with E-state index in [9.17, 15) is 13.9 Å². The third kappa shape index (κ3) is 5.75. The minimum Gasteiger partial charge on any atom is -0.491 e. The molecule has 2 nitrogen and oxygen atoms in total. The molecule has 1 aromatic carbocycles. The van der Waals surface area contributed by atoms with Crippen molar-refractivity contribution in [1.82, 2.24) is 0 Å². The van der Waals surface area contributed by atoms with Gasteiger partial charge in [0.1, 0.15) is 0 Å². The highest BCUT2D eigenvalue weighted by molar-refractivity contribution is 5.33. The van der Waals surface area contributed by atoms with Crippen LogP contribution in [0.25, 0.3) is 0 Å². The van der Waals surface area contributed by atoms with Crippen LogP contribution in [0.4, 0.5) is 8.78 Å². The zero-order chi connectivity index (χ0) is 21.7. The molecule has 3 rings (SSSR count). The van der Waals surface area contributed by atoms with Crippen LogP contribution in [0.1, 0.15) is 96.5 Å². The lowest BCUT2D eigenvalue weighted by molar-refractivity contribution is 0.123. The van der Waals surface area contributed by atoms with Crippen molar-refractivity contribution >= 4 is 0 Å². The minimum atomic E-state index is -0.834. The van der Waals surface area contributed by atoms with Crippen molar-refractivity contribution in [3.8, 4) is 5.75 Å². The molecular weight excluding hydrogens is 382 g/mol. The van der Waals surface area contributed by atoms with E-state index < -0.39 is 11.6 Å². The number of aliphatic hydroxyl groups excluding tert-OH is 1. The van der Waals surface area contributed by atoms with Gasteiger partial charge in [-0.25, -0.2) is 4.39 Å². The molecular formula is C26H40F2O2. The van der Waals surface area contributed by atoms with Gasteiger partial charge in [-0.3, -0.25) is 0 Å². The van der Waals surface area contributed by atoms with Crippen molar-refractivity contribution in [3.63, 3.8) is 0 Å². The van der Waals surface area contributed by atoms with E-state index in [1.54, 1.807) is 19.1 Å². The summed E-state index contributed by atoms with van der Waals surface area (Å²) >= 11 is 0. The number of aliphatic hydroxyl groups is 1. The second-order valence-electron chi connectivity index (χ2n) is 9.90. The standard InChI is InChI=1S/C26H40F2O2/c1-4-30-24-16-15-23(25(27)26(24)28)22-13-11-21(12-14-22)20-9-7-19(8-10-20)17(2)5-6-18(3)29/h15-22,29H,4-14H2,1-3H3. The average molecular weight is 423 g/mol. The lowest BCUT2D eigenvalue weighted by Crippen LogP contribution is -2.27. The zero-order valence-corrected chi connectivity index (χ0v) is 19.0. The first kappa shape index (κ1) is 23.5. The number of halogens is 2. The Kier molecular flexibility index (Phi) is 8.56. The van der Waals surface area contributed by atoms with E-state index in [1.165, 1.54) is 25.7 Å². The Labute approximate surface area is 181 Å². The highest BCUT2D eigenvalue weighted by Gasteiger charge is 2.33. The molecule has 2 aliphatic carbocycles. The summed E-state index contributed by atoms with van der Waals surface area (Å²) in [7, 11) is 0. The number of benzene rings is 1. The first-order valence-electron chi connectivity index (χ1n) is 12.2. The molecule has 2 fully saturated rings. The van der Waals surface area contributed by atoms with E-state index in [0.717, 1.165) is 56.3 Å². The molecule has 2 saturated carbocycles. The van der Waals surface area contributed by atoms with Gasteiger partial charge < -0.3 is 9.84 Å². The fourth-order valence-corrected chi connectivity index (χ4v) is 5.96. The predicted molar refractivity (Wildman–Crippen MR) is 118 cm³/mol. The summed E-state index contributed by atoms with van der Waals surface area (Å²) in [5.74, 6) is 1.65. The summed E-state index contributed by atoms with van der Waals surface area (Å²) in [6, 6.07) is 3.32. The van der Waals surface area contributed by atoms with Crippen LogP contribution >= 0.6 is 0 Å². The second-order valence-corrected chi connectivity index (χ2v) is 9.90. The third-order valence-corrected chi connectivity index (χ3v) is 7.92. The topological polar surface area (TPSA) is 29.5 Å². The lowest BCUT2D eigenvalue weighted by atomic mass is 9.66. The number of hydrogen-bond acceptors (Lipinski definition) is 2. The molecule has 170 valence electrons. The van der Waals surface area contributed by atoms with Gasteiger partial charge in [0.2, 0.25) is 5.82 Å². The normalized spacial score (nSPS) is 29.4. The molecule has 0 spiro atoms. The molecule has 1 aromatic rings. The molecule has 0 saturated heterocycles. The Morgan fingerprint density at radius 2 is 1.50 bits per heavy atom. The van der Waals surface area contributed by atoms with Crippen LogP contribution < -0.4 is 4.74 Å². The van der Waals surface area contributed by atoms with Crippen LogP contribution in [0.3, 0.4) is 0 Å². The molecule has 0 bridgehead atoms. The van der Waals surface area contributed by atoms with Crippen LogP contribution in [0.2, 0.25) is 0 Å². The number of ether oxygens (including phenoxy) is 1. The fraction of sp³-hybridized carbons (Fsp3) is 0.769. The fourth-order valence-electron chi connectivity index (χ4n) is 5.96. The van der Waals surface area contributed by atoms with Crippen LogP contribution in [0, 0.1) is 35.3 Å². The smallest absolute Gasteiger partial charge is 0.200 e. The predicted octanol–water partition coefficient (Wildman–Crippen LogP) is 7.24. The number of hydrogen-bond donors (Lipinski definition) is 1. The van der Waals surface area contributed by atoms with Gasteiger partial charge in [0.05, 0.1) is 12.7 Å². The molecule has 0 heterocycles. The maximum atomic E-state index is 14.6. The monoisotopic (exact) mass is 422 g/mol. The molecule has 0 aromatic heterocycles. The molecule has 1 N–H and O–H groups in total. The van der Waals surface area contributed by atoms with E-state index in [-0.39, 0.29) is 17.8 Å². The van der Waals surface area contributed by atoms with Gasteiger partial charge in [0.15, 0.2) is 11.6 Å². The second kappa shape index (κ2) is 10.9. The zero-order valence-electron chi connectivity index (χ0n) is 19.0. The Morgan fingerprint density at radius 3 is 2.07 bits per heavy atom. The molecule has 30 heavy (non-hydrogen) atoms. The van der Waals surface area contributed by atoms with Crippen LogP contribution in [-0.2, 0) is 0 Å². The summed E-state index contributed by atoms with van der Waals surface area (Å²) < 4.78 is 34.0. The van der Waals surface area contributed by atoms with E-state index >= 15 is 0 Å². The molecule has 2 unspecified atom stereocenters. The Morgan fingerprint density at radius 1 is 0.900 bits per heavy atom. The van der Waals surface area contributed by atoms with Gasteiger partial charge in [-0.2, -0.15) is 4.39 Å². The van der Waals surface area contributed by atoms with Crippen molar-refractivity contribution < 1.29 is 18.6 Å². The molecule has 2 aliphatic rings. The Hall–Kier alpha value is -1.16. The molecule has 2 atom stereocenters. The van der Waals surface area contributed by atoms with Crippen LogP contribution in [0.15, 0.2) is 12.1 Å². The summed E-state index contributed by atoms with van der Waals surface area (Å²) in [5, 5.41) is 9.53. The molecule has 0 aliphatic heterocycles. The van der Waals surface area contributed by atoms with Crippen molar-refractivity contribution in [2.24, 2.45) is 23.7 Å². The summed E-state index contributed by atoms with van der Waals surface area (Å²) in [5.41, 5.74) is 0.532. The van der Waals surface area contributed by atoms with E-state index in [4.69, 9.17) is 4.74 Å². The van der Waals surface area contributed by atoms with Gasteiger partial charge in [-0.1, -0.05) is 13.0 Å². The maximum absolute atomic E-state index is 14.6. The highest BCUT2D eigenvalue weighted by atomic mass is 19.2. The van der Waals surface area contributed by atoms with E-state index in [2.05, 4.69) is 6.92 Å². The van der Waals surface area contributed by atoms with Gasteiger partial charge >= 0.3 is 0 Å². The summed E-state index contributed by atoms with van der Waals surface area (Å²) in [6.45, 7) is 6.34. The first-order valence-corrected chi connectivity index (χ1v) is 12.2. The van der Waals surface area contributed by atoms with Crippen molar-refractivity contribution in [2.45, 2.75) is 97.0 Å². The van der Waals surface area contributed by atoms with Crippen molar-refractivity contribution in [1.29, 1.82) is 0 Å². The lowest BCUT2D eigenvalue weighted by Gasteiger charge is -2.39. The van der Waals surface area contributed by atoms with Crippen LogP contribution in [-0.4, -0.2) is 17.8 Å². The van der Waals surface area contributed by atoms with Gasteiger partial charge in [0.25, 0.3) is 0 Å². The Bertz CT molecular complexity index is 659. The van der Waals surface area contributed by atoms with Crippen molar-refractivity contribution in [2.75, 3.05) is 6.61 Å². The van der Waals surface area contributed by atoms with Crippen molar-refractivity contribution in [3.05, 3.63) is 29.3 Å². The largest absolute Gasteiger partial charge is 0.491 e. The van der Waals surface area contributed by atoms with E-state index in [0.29, 0.717) is 18.1 Å². The summed E-state index contributed by atoms with van der Waals surface area (Å²) in [4.78, 5) is 0. The maximum Gasteiger partial charge on any atom is 0.200 e. The Balaban J connectivity index is 1.48. The minimum absolute atomic E-state index is 0.0203. The quantitative estimate of drug-likeness (QED) is 0.478. The van der Waals surface area contributed by atoms with Crippen LogP contribution in [0.5, 0.6) is 5.75 Å². The van der Waals surface area contributed by atoms with E-state index in [1.807, 2.05) is 6.92 Å².